The molecular formula is C61H65Cl6N3O9. The molecule has 3 atom stereocenters. The lowest BCUT2D eigenvalue weighted by Gasteiger charge is -2.27. The molecule has 0 aliphatic rings. The molecule has 0 bridgehead atoms. The highest BCUT2D eigenvalue weighted by Gasteiger charge is 2.31. The number of likely N-dealkylation sites (N-methyl/N-ethyl adjacent to an activating group) is 3. The molecule has 0 aromatic heterocycles. The molecule has 12 nitrogen and oxygen atoms in total. The summed E-state index contributed by atoms with van der Waals surface area (Å²) in [6, 6.07) is 35.5. The summed E-state index contributed by atoms with van der Waals surface area (Å²) in [4.78, 5) is 79.0. The molecule has 0 saturated heterocycles. The van der Waals surface area contributed by atoms with E-state index in [9.17, 15) is 33.9 Å². The second-order valence-corrected chi connectivity index (χ2v) is 21.1. The number of hydrogen-bond donors (Lipinski definition) is 1. The van der Waals surface area contributed by atoms with Gasteiger partial charge in [-0.05, 0) is 128 Å². The molecule has 0 radical (unpaired) electrons. The molecule has 0 fully saturated rings. The molecular weight excluding hydrogens is 1130 g/mol. The van der Waals surface area contributed by atoms with E-state index < -0.39 is 36.0 Å². The number of aryl methyl sites for hydroxylation is 3. The van der Waals surface area contributed by atoms with Crippen LogP contribution in [0.2, 0.25) is 30.1 Å². The van der Waals surface area contributed by atoms with E-state index in [0.29, 0.717) is 54.1 Å². The van der Waals surface area contributed by atoms with Crippen molar-refractivity contribution in [2.45, 2.75) is 91.3 Å². The fourth-order valence-corrected chi connectivity index (χ4v) is 9.73. The Hall–Kier alpha value is -6.12. The van der Waals surface area contributed by atoms with E-state index >= 15 is 0 Å². The maximum atomic E-state index is 12.8. The number of halogens is 6. The zero-order chi connectivity index (χ0) is 58.5. The maximum Gasteiger partial charge on any atom is 0.329 e. The summed E-state index contributed by atoms with van der Waals surface area (Å²) < 4.78 is 10.3. The summed E-state index contributed by atoms with van der Waals surface area (Å²) >= 11 is 36.3. The van der Waals surface area contributed by atoms with E-state index in [4.69, 9.17) is 79.1 Å². The van der Waals surface area contributed by atoms with Gasteiger partial charge in [-0.2, -0.15) is 0 Å². The normalized spacial score (nSPS) is 11.8. The number of nitrogens with zero attached hydrogens (tertiary/aromatic N) is 3. The van der Waals surface area contributed by atoms with Crippen molar-refractivity contribution in [3.8, 4) is 0 Å². The fraction of sp³-hybridized carbons (Fsp3) is 0.311. The van der Waals surface area contributed by atoms with Crippen LogP contribution >= 0.6 is 69.6 Å². The SMILES string of the molecule is CCOC(=O)C(Cc1cccc(Cl)c1)N(C)C(=O)Cc1c(Cl)cccc1Cl.CCOC(=O)C(Cc1cccc(Cl)c1)N(C)C(=O)Cc1ccc(Cl)c(Cl)c1.Cc1cc(C)c(CC(=O)N(C)C(Cc2ccccc2)C(=O)O)c(C)c1. The van der Waals surface area contributed by atoms with E-state index in [-0.39, 0.29) is 56.6 Å². The standard InChI is InChI=1S/C21H25NO3.2C20H20Cl3NO3/c1-14-10-15(2)18(16(3)11-14)13-20(23)22(4)19(21(24)25)12-17-8-6-5-7-9-17;1-3-27-20(26)18(11-13-6-4-7-14(21)10-13)24(2)19(25)12-15-16(22)8-5-9-17(15)23;1-3-27-20(26)18(11-13-5-4-6-15(21)9-13)24(2)19(25)12-14-7-8-16(22)17(23)10-14/h5-11,19H,12-13H2,1-4H3,(H,24,25);2*4-10,18H,3,11-12H2,1-2H3. The van der Waals surface area contributed by atoms with Gasteiger partial charge in [-0.3, -0.25) is 14.4 Å². The monoisotopic (exact) mass is 1190 g/mol. The second-order valence-electron chi connectivity index (χ2n) is 18.6. The molecule has 0 heterocycles. The Morgan fingerprint density at radius 1 is 0.443 bits per heavy atom. The van der Waals surface area contributed by atoms with Gasteiger partial charge in [0.05, 0.1) is 42.5 Å². The van der Waals surface area contributed by atoms with Crippen LogP contribution < -0.4 is 0 Å². The fourth-order valence-electron chi connectivity index (χ4n) is 8.45. The number of carbonyl (C=O) groups excluding carboxylic acids is 5. The molecule has 6 rings (SSSR count). The van der Waals surface area contributed by atoms with Crippen molar-refractivity contribution in [2.75, 3.05) is 34.4 Å². The Labute approximate surface area is 493 Å². The molecule has 18 heteroatoms. The number of aliphatic carboxylic acids is 1. The van der Waals surface area contributed by atoms with Gasteiger partial charge in [-0.15, -0.1) is 0 Å². The number of benzene rings is 6. The minimum absolute atomic E-state index is 0.0134. The molecule has 0 saturated carbocycles. The van der Waals surface area contributed by atoms with Gasteiger partial charge >= 0.3 is 17.9 Å². The van der Waals surface area contributed by atoms with Crippen molar-refractivity contribution < 1.29 is 43.3 Å². The first-order chi connectivity index (χ1) is 37.4. The van der Waals surface area contributed by atoms with Gasteiger partial charge in [-0.1, -0.05) is 154 Å². The van der Waals surface area contributed by atoms with Crippen molar-refractivity contribution in [2.24, 2.45) is 0 Å². The molecule has 420 valence electrons. The number of amides is 3. The first kappa shape index (κ1) is 65.4. The first-order valence-corrected chi connectivity index (χ1v) is 27.5. The zero-order valence-electron chi connectivity index (χ0n) is 45.3. The average Bonchev–Trinajstić information content (AvgIpc) is 3.40. The molecule has 6 aromatic carbocycles. The minimum Gasteiger partial charge on any atom is -0.480 e. The van der Waals surface area contributed by atoms with Crippen LogP contribution in [-0.4, -0.2) is 108 Å². The lowest BCUT2D eigenvalue weighted by molar-refractivity contribution is -0.153. The lowest BCUT2D eigenvalue weighted by atomic mass is 9.96. The van der Waals surface area contributed by atoms with Gasteiger partial charge in [0.25, 0.3) is 0 Å². The number of carboxylic acid groups (broad SMARTS) is 1. The van der Waals surface area contributed by atoms with Crippen molar-refractivity contribution >= 4 is 105 Å². The summed E-state index contributed by atoms with van der Waals surface area (Å²) in [6.45, 7) is 9.91. The van der Waals surface area contributed by atoms with E-state index in [1.165, 1.54) is 14.7 Å². The van der Waals surface area contributed by atoms with Crippen LogP contribution in [0.15, 0.2) is 127 Å². The van der Waals surface area contributed by atoms with Crippen LogP contribution in [0.4, 0.5) is 0 Å². The number of rotatable bonds is 20. The summed E-state index contributed by atoms with van der Waals surface area (Å²) in [5.74, 6) is -2.62. The third-order valence-corrected chi connectivity index (χ3v) is 14.7. The molecule has 0 spiro atoms. The Kier molecular flexibility index (Phi) is 26.7. The molecule has 79 heavy (non-hydrogen) atoms. The van der Waals surface area contributed by atoms with Gasteiger partial charge in [0.1, 0.15) is 18.1 Å². The molecule has 0 aliphatic carbocycles. The topological polar surface area (TPSA) is 151 Å². The Balaban J connectivity index is 0.000000256. The number of hydrogen-bond acceptors (Lipinski definition) is 8. The third-order valence-electron chi connectivity index (χ3n) is 12.8. The largest absolute Gasteiger partial charge is 0.480 e. The molecule has 0 aliphatic heterocycles. The minimum atomic E-state index is -0.989. The van der Waals surface area contributed by atoms with E-state index in [0.717, 1.165) is 38.9 Å². The highest BCUT2D eigenvalue weighted by Crippen LogP contribution is 2.27. The number of esters is 2. The zero-order valence-corrected chi connectivity index (χ0v) is 49.9. The predicted octanol–water partition coefficient (Wildman–Crippen LogP) is 13.0. The average molecular weight is 1200 g/mol. The third kappa shape index (κ3) is 20.5. The van der Waals surface area contributed by atoms with Crippen molar-refractivity contribution in [1.29, 1.82) is 0 Å². The van der Waals surface area contributed by atoms with E-state index in [2.05, 4.69) is 0 Å². The van der Waals surface area contributed by atoms with Crippen molar-refractivity contribution in [3.05, 3.63) is 208 Å². The van der Waals surface area contributed by atoms with Gasteiger partial charge in [0, 0.05) is 60.5 Å². The maximum absolute atomic E-state index is 12.8. The van der Waals surface area contributed by atoms with Crippen LogP contribution in [0.5, 0.6) is 0 Å². The van der Waals surface area contributed by atoms with Crippen LogP contribution in [0.1, 0.15) is 63.9 Å². The van der Waals surface area contributed by atoms with Gasteiger partial charge < -0.3 is 29.3 Å². The summed E-state index contributed by atoms with van der Waals surface area (Å²) in [6.07, 6.45) is 1.19. The highest BCUT2D eigenvalue weighted by atomic mass is 35.5. The van der Waals surface area contributed by atoms with Gasteiger partial charge in [0.15, 0.2) is 0 Å². The van der Waals surface area contributed by atoms with Crippen molar-refractivity contribution in [1.82, 2.24) is 14.7 Å². The lowest BCUT2D eigenvalue weighted by Crippen LogP contribution is -2.45. The quantitative estimate of drug-likeness (QED) is 0.0737. The molecule has 3 amide bonds. The molecule has 6 aromatic rings. The number of carbonyl (C=O) groups is 6. The number of ether oxygens (including phenoxy) is 2. The second kappa shape index (κ2) is 32.2. The van der Waals surface area contributed by atoms with Crippen LogP contribution in [0, 0.1) is 20.8 Å². The molecule has 1 N–H and O–H groups in total. The van der Waals surface area contributed by atoms with Crippen LogP contribution in [0.25, 0.3) is 0 Å². The smallest absolute Gasteiger partial charge is 0.329 e. The number of carboxylic acids is 1. The van der Waals surface area contributed by atoms with Gasteiger partial charge in [0.2, 0.25) is 17.7 Å². The first-order valence-electron chi connectivity index (χ1n) is 25.2. The summed E-state index contributed by atoms with van der Waals surface area (Å²) in [5.41, 5.74) is 8.08. The summed E-state index contributed by atoms with van der Waals surface area (Å²) in [7, 11) is 4.73. The summed E-state index contributed by atoms with van der Waals surface area (Å²) in [5, 5.41) is 12.3. The molecule has 3 unspecified atom stereocenters. The van der Waals surface area contributed by atoms with Crippen molar-refractivity contribution in [3.63, 3.8) is 0 Å². The Morgan fingerprint density at radius 2 is 0.861 bits per heavy atom. The predicted molar refractivity (Wildman–Crippen MR) is 316 cm³/mol. The van der Waals surface area contributed by atoms with Crippen LogP contribution in [0.3, 0.4) is 0 Å². The van der Waals surface area contributed by atoms with Crippen LogP contribution in [-0.2, 0) is 76.8 Å². The van der Waals surface area contributed by atoms with E-state index in [1.807, 2.05) is 75.4 Å². The highest BCUT2D eigenvalue weighted by molar-refractivity contribution is 6.42. The Morgan fingerprint density at radius 3 is 1.30 bits per heavy atom. The van der Waals surface area contributed by atoms with Gasteiger partial charge in [-0.25, -0.2) is 14.4 Å². The van der Waals surface area contributed by atoms with E-state index in [1.54, 1.807) is 108 Å². The Bertz CT molecular complexity index is 3020.